The molecule has 1 saturated heterocycles. The number of hydrogen-bond donors (Lipinski definition) is 1. The Labute approximate surface area is 103 Å². The van der Waals surface area contributed by atoms with E-state index in [-0.39, 0.29) is 0 Å². The molecule has 1 aliphatic heterocycles. The normalized spacial score (nSPS) is 16.8. The highest BCUT2D eigenvalue weighted by Gasteiger charge is 2.14. The van der Waals surface area contributed by atoms with Crippen LogP contribution in [0.4, 0.5) is 5.69 Å². The lowest BCUT2D eigenvalue weighted by molar-refractivity contribution is 0.0904. The molecule has 1 aliphatic rings. The summed E-state index contributed by atoms with van der Waals surface area (Å²) in [5.74, 6) is 0.959. The summed E-state index contributed by atoms with van der Waals surface area (Å²) in [6.45, 7) is 4.60. The van der Waals surface area contributed by atoms with Crippen LogP contribution in [0.1, 0.15) is 26.2 Å². The molecule has 3 nitrogen and oxygen atoms in total. The van der Waals surface area contributed by atoms with Gasteiger partial charge < -0.3 is 14.8 Å². The van der Waals surface area contributed by atoms with Gasteiger partial charge in [-0.2, -0.15) is 0 Å². The maximum absolute atomic E-state index is 5.73. The number of rotatable bonds is 5. The van der Waals surface area contributed by atoms with Gasteiger partial charge in [0, 0.05) is 19.3 Å². The van der Waals surface area contributed by atoms with Crippen LogP contribution in [-0.4, -0.2) is 25.9 Å². The van der Waals surface area contributed by atoms with E-state index in [4.69, 9.17) is 9.47 Å². The van der Waals surface area contributed by atoms with Crippen LogP contribution in [0.3, 0.4) is 0 Å². The minimum absolute atomic E-state index is 0.509. The summed E-state index contributed by atoms with van der Waals surface area (Å²) in [6, 6.07) is 8.67. The first kappa shape index (κ1) is 12.2. The largest absolute Gasteiger partial charge is 0.491 e. The van der Waals surface area contributed by atoms with E-state index < -0.39 is 0 Å². The second-order valence-electron chi connectivity index (χ2n) is 4.38. The third-order valence-corrected chi connectivity index (χ3v) is 2.93. The number of nitrogens with one attached hydrogen (secondary N) is 1. The topological polar surface area (TPSA) is 30.5 Å². The van der Waals surface area contributed by atoms with Gasteiger partial charge in [-0.3, -0.25) is 0 Å². The average Bonchev–Trinajstić information content (AvgIpc) is 2.39. The fourth-order valence-corrected chi connectivity index (χ4v) is 1.99. The van der Waals surface area contributed by atoms with Crippen molar-refractivity contribution in [3.63, 3.8) is 0 Å². The quantitative estimate of drug-likeness (QED) is 0.850. The fraction of sp³-hybridized carbons (Fsp3) is 0.571. The van der Waals surface area contributed by atoms with Gasteiger partial charge in [0.25, 0.3) is 0 Å². The standard InChI is InChI=1S/C14H21NO2/c1-2-9-17-14-6-4-3-5-13(14)15-12-7-10-16-11-8-12/h3-6,12,15H,2,7-11H2,1H3. The molecular weight excluding hydrogens is 214 g/mol. The Kier molecular flexibility index (Phi) is 4.68. The predicted octanol–water partition coefficient (Wildman–Crippen LogP) is 3.07. The van der Waals surface area contributed by atoms with Gasteiger partial charge in [-0.15, -0.1) is 0 Å². The third-order valence-electron chi connectivity index (χ3n) is 2.93. The van der Waals surface area contributed by atoms with E-state index >= 15 is 0 Å². The van der Waals surface area contributed by atoms with Crippen LogP contribution in [0.15, 0.2) is 24.3 Å². The summed E-state index contributed by atoms with van der Waals surface area (Å²) < 4.78 is 11.1. The second-order valence-corrected chi connectivity index (χ2v) is 4.38. The molecule has 17 heavy (non-hydrogen) atoms. The van der Waals surface area contributed by atoms with Crippen LogP contribution < -0.4 is 10.1 Å². The van der Waals surface area contributed by atoms with Gasteiger partial charge >= 0.3 is 0 Å². The molecular formula is C14H21NO2. The Hall–Kier alpha value is -1.22. The van der Waals surface area contributed by atoms with Crippen LogP contribution in [0.5, 0.6) is 5.75 Å². The Bertz CT molecular complexity index is 335. The minimum atomic E-state index is 0.509. The number of anilines is 1. The molecule has 2 rings (SSSR count). The molecule has 1 heterocycles. The van der Waals surface area contributed by atoms with Gasteiger partial charge in [0.1, 0.15) is 5.75 Å². The first-order valence-electron chi connectivity index (χ1n) is 6.46. The highest BCUT2D eigenvalue weighted by molar-refractivity contribution is 5.56. The molecule has 1 N–H and O–H groups in total. The van der Waals surface area contributed by atoms with E-state index in [1.807, 2.05) is 18.2 Å². The van der Waals surface area contributed by atoms with Crippen molar-refractivity contribution in [2.75, 3.05) is 25.1 Å². The van der Waals surface area contributed by atoms with Crippen LogP contribution in [0.25, 0.3) is 0 Å². The molecule has 1 aromatic rings. The molecule has 3 heteroatoms. The Morgan fingerprint density at radius 1 is 1.29 bits per heavy atom. The molecule has 0 aliphatic carbocycles. The second kappa shape index (κ2) is 6.50. The van der Waals surface area contributed by atoms with Gasteiger partial charge in [-0.1, -0.05) is 19.1 Å². The maximum atomic E-state index is 5.73. The van der Waals surface area contributed by atoms with Crippen molar-refractivity contribution in [1.29, 1.82) is 0 Å². The fourth-order valence-electron chi connectivity index (χ4n) is 1.99. The zero-order chi connectivity index (χ0) is 11.9. The lowest BCUT2D eigenvalue weighted by Crippen LogP contribution is -2.28. The first-order valence-corrected chi connectivity index (χ1v) is 6.46. The van der Waals surface area contributed by atoms with E-state index in [9.17, 15) is 0 Å². The highest BCUT2D eigenvalue weighted by atomic mass is 16.5. The maximum Gasteiger partial charge on any atom is 0.142 e. The summed E-state index contributed by atoms with van der Waals surface area (Å²) in [7, 11) is 0. The molecule has 0 radical (unpaired) electrons. The summed E-state index contributed by atoms with van der Waals surface area (Å²) >= 11 is 0. The van der Waals surface area contributed by atoms with E-state index in [1.54, 1.807) is 0 Å². The van der Waals surface area contributed by atoms with Gasteiger partial charge in [-0.05, 0) is 31.4 Å². The number of para-hydroxylation sites is 2. The van der Waals surface area contributed by atoms with Crippen molar-refractivity contribution >= 4 is 5.69 Å². The first-order chi connectivity index (χ1) is 8.40. The van der Waals surface area contributed by atoms with Crippen molar-refractivity contribution in [2.45, 2.75) is 32.2 Å². The molecule has 0 bridgehead atoms. The number of hydrogen-bond acceptors (Lipinski definition) is 3. The molecule has 0 aromatic heterocycles. The van der Waals surface area contributed by atoms with E-state index in [0.717, 1.165) is 50.5 Å². The van der Waals surface area contributed by atoms with Gasteiger partial charge in [0.15, 0.2) is 0 Å². The lowest BCUT2D eigenvalue weighted by Gasteiger charge is -2.25. The molecule has 0 amide bonds. The Balaban J connectivity index is 1.98. The lowest BCUT2D eigenvalue weighted by atomic mass is 10.1. The predicted molar refractivity (Wildman–Crippen MR) is 69.7 cm³/mol. The third kappa shape index (κ3) is 3.63. The molecule has 0 atom stereocenters. The van der Waals surface area contributed by atoms with Crippen LogP contribution in [0, 0.1) is 0 Å². The zero-order valence-electron chi connectivity index (χ0n) is 10.4. The number of benzene rings is 1. The SMILES string of the molecule is CCCOc1ccccc1NC1CCOCC1. The Morgan fingerprint density at radius 2 is 2.06 bits per heavy atom. The summed E-state index contributed by atoms with van der Waals surface area (Å²) in [6.07, 6.45) is 3.18. The van der Waals surface area contributed by atoms with Crippen molar-refractivity contribution in [3.05, 3.63) is 24.3 Å². The highest BCUT2D eigenvalue weighted by Crippen LogP contribution is 2.26. The molecule has 94 valence electrons. The van der Waals surface area contributed by atoms with Crippen LogP contribution in [-0.2, 0) is 4.74 Å². The van der Waals surface area contributed by atoms with Crippen LogP contribution in [0.2, 0.25) is 0 Å². The smallest absolute Gasteiger partial charge is 0.142 e. The summed E-state index contributed by atoms with van der Waals surface area (Å²) in [4.78, 5) is 0. The average molecular weight is 235 g/mol. The molecule has 0 unspecified atom stereocenters. The molecule has 1 aromatic carbocycles. The van der Waals surface area contributed by atoms with Crippen LogP contribution >= 0.6 is 0 Å². The monoisotopic (exact) mass is 235 g/mol. The van der Waals surface area contributed by atoms with Crippen molar-refractivity contribution in [3.8, 4) is 5.75 Å². The minimum Gasteiger partial charge on any atom is -0.491 e. The van der Waals surface area contributed by atoms with E-state index in [2.05, 4.69) is 18.3 Å². The van der Waals surface area contributed by atoms with Crippen molar-refractivity contribution in [2.24, 2.45) is 0 Å². The van der Waals surface area contributed by atoms with Gasteiger partial charge in [-0.25, -0.2) is 0 Å². The summed E-state index contributed by atoms with van der Waals surface area (Å²) in [5.41, 5.74) is 1.10. The Morgan fingerprint density at radius 3 is 2.82 bits per heavy atom. The van der Waals surface area contributed by atoms with Gasteiger partial charge in [0.2, 0.25) is 0 Å². The van der Waals surface area contributed by atoms with Gasteiger partial charge in [0.05, 0.1) is 12.3 Å². The van der Waals surface area contributed by atoms with Crippen molar-refractivity contribution in [1.82, 2.24) is 0 Å². The van der Waals surface area contributed by atoms with E-state index in [0.29, 0.717) is 6.04 Å². The molecule has 0 saturated carbocycles. The zero-order valence-corrected chi connectivity index (χ0v) is 10.4. The van der Waals surface area contributed by atoms with E-state index in [1.165, 1.54) is 0 Å². The molecule has 0 spiro atoms. The summed E-state index contributed by atoms with van der Waals surface area (Å²) in [5, 5.41) is 3.55. The molecule has 1 fully saturated rings. The van der Waals surface area contributed by atoms with Crippen molar-refractivity contribution < 1.29 is 9.47 Å². The number of ether oxygens (including phenoxy) is 2.